The van der Waals surface area contributed by atoms with E-state index >= 15 is 0 Å². The van der Waals surface area contributed by atoms with E-state index in [0.29, 0.717) is 0 Å². The average Bonchev–Trinajstić information content (AvgIpc) is 2.43. The Morgan fingerprint density at radius 3 is 3.00 bits per heavy atom. The molecular weight excluding hydrogens is 318 g/mol. The summed E-state index contributed by atoms with van der Waals surface area (Å²) in [5, 5.41) is 12.6. The summed E-state index contributed by atoms with van der Waals surface area (Å²) in [5.41, 5.74) is 2.73. The number of aryl methyl sites for hydroxylation is 1. The molecule has 0 fully saturated rings. The van der Waals surface area contributed by atoms with Gasteiger partial charge in [0.1, 0.15) is 6.04 Å². The molecule has 0 spiro atoms. The number of hydrogen-bond donors (Lipinski definition) is 2. The van der Waals surface area contributed by atoms with E-state index in [1.54, 1.807) is 0 Å². The molecule has 0 heterocycles. The summed E-state index contributed by atoms with van der Waals surface area (Å²) in [6.45, 7) is 2.09. The number of carboxylic acids is 1. The lowest BCUT2D eigenvalue weighted by Gasteiger charge is -2.28. The predicted molar refractivity (Wildman–Crippen MR) is 84.0 cm³/mol. The number of benzene rings is 1. The molecule has 1 aliphatic rings. The van der Waals surface area contributed by atoms with Crippen LogP contribution >= 0.6 is 15.9 Å². The van der Waals surface area contributed by atoms with E-state index in [2.05, 4.69) is 46.4 Å². The van der Waals surface area contributed by atoms with Crippen molar-refractivity contribution in [2.24, 2.45) is 0 Å². The molecule has 2 rings (SSSR count). The largest absolute Gasteiger partial charge is 0.480 e. The van der Waals surface area contributed by atoms with Crippen LogP contribution in [-0.2, 0) is 17.6 Å². The molecule has 1 unspecified atom stereocenters. The molecule has 0 saturated carbocycles. The fourth-order valence-electron chi connectivity index (χ4n) is 2.84. The van der Waals surface area contributed by atoms with Crippen molar-refractivity contribution in [3.8, 4) is 0 Å². The summed E-state index contributed by atoms with van der Waals surface area (Å²) in [4.78, 5) is 11.3. The van der Waals surface area contributed by atoms with Crippen LogP contribution in [0.1, 0.15) is 43.7 Å². The van der Waals surface area contributed by atoms with Gasteiger partial charge in [-0.1, -0.05) is 41.8 Å². The molecular formula is C16H22BrNO2. The molecule has 4 heteroatoms. The van der Waals surface area contributed by atoms with Gasteiger partial charge in [0.25, 0.3) is 0 Å². The lowest BCUT2D eigenvalue weighted by Crippen LogP contribution is -2.45. The summed E-state index contributed by atoms with van der Waals surface area (Å²) >= 11 is 3.50. The number of carboxylic acid groups (broad SMARTS) is 1. The van der Waals surface area contributed by atoms with Crippen molar-refractivity contribution < 1.29 is 9.90 Å². The molecule has 0 aromatic heterocycles. The number of halogens is 1. The molecule has 0 amide bonds. The summed E-state index contributed by atoms with van der Waals surface area (Å²) in [7, 11) is 0. The van der Waals surface area contributed by atoms with Gasteiger partial charge in [-0.25, -0.2) is 0 Å². The second-order valence-corrected chi connectivity index (χ2v) is 6.47. The van der Waals surface area contributed by atoms with Crippen molar-refractivity contribution in [3.05, 3.63) is 33.8 Å². The zero-order valence-electron chi connectivity index (χ0n) is 11.9. The van der Waals surface area contributed by atoms with Crippen LogP contribution < -0.4 is 5.32 Å². The number of nitrogens with one attached hydrogen (secondary N) is 1. The lowest BCUT2D eigenvalue weighted by atomic mass is 9.88. The van der Waals surface area contributed by atoms with E-state index in [1.807, 2.05) is 0 Å². The minimum atomic E-state index is -0.722. The van der Waals surface area contributed by atoms with Crippen molar-refractivity contribution in [2.75, 3.05) is 0 Å². The molecule has 20 heavy (non-hydrogen) atoms. The lowest BCUT2D eigenvalue weighted by molar-refractivity contribution is -0.140. The number of unbranched alkanes of at least 4 members (excludes halogenated alkanes) is 1. The van der Waals surface area contributed by atoms with Crippen LogP contribution in [0.5, 0.6) is 0 Å². The van der Waals surface area contributed by atoms with Crippen LogP contribution in [0.2, 0.25) is 0 Å². The minimum Gasteiger partial charge on any atom is -0.480 e. The van der Waals surface area contributed by atoms with Crippen molar-refractivity contribution in [3.63, 3.8) is 0 Å². The van der Waals surface area contributed by atoms with Crippen molar-refractivity contribution >= 4 is 21.9 Å². The van der Waals surface area contributed by atoms with Gasteiger partial charge < -0.3 is 10.4 Å². The average molecular weight is 340 g/mol. The monoisotopic (exact) mass is 339 g/mol. The van der Waals surface area contributed by atoms with E-state index in [0.717, 1.165) is 43.0 Å². The Balaban J connectivity index is 1.97. The third-order valence-corrected chi connectivity index (χ3v) is 4.47. The van der Waals surface area contributed by atoms with Crippen LogP contribution in [0.4, 0.5) is 0 Å². The Morgan fingerprint density at radius 2 is 2.30 bits per heavy atom. The Kier molecular flexibility index (Phi) is 5.61. The van der Waals surface area contributed by atoms with Gasteiger partial charge in [-0.3, -0.25) is 4.79 Å². The SMILES string of the molecule is CCCC[C@H](NC1CCc2cc(Br)ccc2C1)C(=O)O. The predicted octanol–water partition coefficient (Wildman–Crippen LogP) is 3.54. The van der Waals surface area contributed by atoms with Crippen molar-refractivity contribution in [2.45, 2.75) is 57.5 Å². The second-order valence-electron chi connectivity index (χ2n) is 5.55. The van der Waals surface area contributed by atoms with E-state index in [1.165, 1.54) is 11.1 Å². The Hall–Kier alpha value is -0.870. The minimum absolute atomic E-state index is 0.279. The van der Waals surface area contributed by atoms with Crippen LogP contribution in [-0.4, -0.2) is 23.2 Å². The molecule has 0 bridgehead atoms. The second kappa shape index (κ2) is 7.23. The molecule has 3 nitrogen and oxygen atoms in total. The third-order valence-electron chi connectivity index (χ3n) is 3.98. The summed E-state index contributed by atoms with van der Waals surface area (Å²) < 4.78 is 1.12. The van der Waals surface area contributed by atoms with Crippen molar-refractivity contribution in [1.82, 2.24) is 5.32 Å². The van der Waals surface area contributed by atoms with Gasteiger partial charge in [-0.2, -0.15) is 0 Å². The van der Waals surface area contributed by atoms with Gasteiger partial charge in [-0.15, -0.1) is 0 Å². The maximum Gasteiger partial charge on any atom is 0.320 e. The first-order chi connectivity index (χ1) is 9.60. The van der Waals surface area contributed by atoms with E-state index in [4.69, 9.17) is 0 Å². The van der Waals surface area contributed by atoms with Crippen LogP contribution in [0.15, 0.2) is 22.7 Å². The Morgan fingerprint density at radius 1 is 1.50 bits per heavy atom. The Labute approximate surface area is 128 Å². The molecule has 1 aliphatic carbocycles. The van der Waals surface area contributed by atoms with E-state index in [-0.39, 0.29) is 6.04 Å². The number of aliphatic carboxylic acids is 1. The maximum atomic E-state index is 11.3. The van der Waals surface area contributed by atoms with Gasteiger partial charge in [0.15, 0.2) is 0 Å². The summed E-state index contributed by atoms with van der Waals surface area (Å²) in [6, 6.07) is 6.26. The van der Waals surface area contributed by atoms with E-state index < -0.39 is 12.0 Å². The number of fused-ring (bicyclic) bond motifs is 1. The van der Waals surface area contributed by atoms with Crippen molar-refractivity contribution in [1.29, 1.82) is 0 Å². The maximum absolute atomic E-state index is 11.3. The van der Waals surface area contributed by atoms with E-state index in [9.17, 15) is 9.90 Å². The van der Waals surface area contributed by atoms with Crippen LogP contribution in [0.25, 0.3) is 0 Å². The molecule has 110 valence electrons. The highest BCUT2D eigenvalue weighted by Crippen LogP contribution is 2.25. The van der Waals surface area contributed by atoms with Crippen LogP contribution in [0.3, 0.4) is 0 Å². The van der Waals surface area contributed by atoms with Gasteiger partial charge in [-0.05, 0) is 48.9 Å². The molecule has 0 radical (unpaired) electrons. The molecule has 2 atom stereocenters. The highest BCUT2D eigenvalue weighted by Gasteiger charge is 2.24. The zero-order chi connectivity index (χ0) is 14.5. The summed E-state index contributed by atoms with van der Waals surface area (Å²) in [5.74, 6) is -0.722. The topological polar surface area (TPSA) is 49.3 Å². The fraction of sp³-hybridized carbons (Fsp3) is 0.562. The Bertz CT molecular complexity index is 476. The zero-order valence-corrected chi connectivity index (χ0v) is 13.4. The number of carbonyl (C=O) groups is 1. The third kappa shape index (κ3) is 4.06. The first-order valence-corrected chi connectivity index (χ1v) is 8.15. The number of hydrogen-bond acceptors (Lipinski definition) is 2. The summed E-state index contributed by atoms with van der Waals surface area (Å²) in [6.07, 6.45) is 5.67. The highest BCUT2D eigenvalue weighted by molar-refractivity contribution is 9.10. The smallest absolute Gasteiger partial charge is 0.320 e. The normalized spacial score (nSPS) is 19.4. The quantitative estimate of drug-likeness (QED) is 0.833. The van der Waals surface area contributed by atoms with Crippen LogP contribution in [0, 0.1) is 0 Å². The number of rotatable bonds is 6. The first-order valence-electron chi connectivity index (χ1n) is 7.36. The molecule has 1 aromatic rings. The first kappa shape index (κ1) is 15.5. The highest BCUT2D eigenvalue weighted by atomic mass is 79.9. The standard InChI is InChI=1S/C16H22BrNO2/c1-2-3-4-15(16(19)20)18-14-8-6-11-9-13(17)7-5-12(11)10-14/h5,7,9,14-15,18H,2-4,6,8,10H2,1H3,(H,19,20)/t14?,15-/m0/s1. The van der Waals surface area contributed by atoms with Gasteiger partial charge >= 0.3 is 5.97 Å². The van der Waals surface area contributed by atoms with Gasteiger partial charge in [0, 0.05) is 10.5 Å². The molecule has 0 aliphatic heterocycles. The fourth-order valence-corrected chi connectivity index (χ4v) is 3.25. The molecule has 2 N–H and O–H groups in total. The molecule has 0 saturated heterocycles. The van der Waals surface area contributed by atoms with Gasteiger partial charge in [0.05, 0.1) is 0 Å². The molecule has 1 aromatic carbocycles. The van der Waals surface area contributed by atoms with Gasteiger partial charge in [0.2, 0.25) is 0 Å².